The molecule has 2 heterocycles. The maximum Gasteiger partial charge on any atom is 0.501 e. The highest BCUT2D eigenvalue weighted by molar-refractivity contribution is 9.10. The summed E-state index contributed by atoms with van der Waals surface area (Å²) < 4.78 is 67.7. The van der Waals surface area contributed by atoms with Gasteiger partial charge in [0.1, 0.15) is 11.9 Å². The summed E-state index contributed by atoms with van der Waals surface area (Å²) in [5, 5.41) is 1.05. The van der Waals surface area contributed by atoms with Crippen molar-refractivity contribution in [3.63, 3.8) is 0 Å². The molecule has 4 rings (SSSR count). The smallest absolute Gasteiger partial charge is 0.490 e. The van der Waals surface area contributed by atoms with Crippen LogP contribution >= 0.6 is 15.9 Å². The second-order valence-corrected chi connectivity index (χ2v) is 10.1. The number of pyridine rings is 1. The molecule has 31 heavy (non-hydrogen) atoms. The van der Waals surface area contributed by atoms with Crippen molar-refractivity contribution in [2.75, 3.05) is 18.0 Å². The van der Waals surface area contributed by atoms with Crippen LogP contribution in [0, 0.1) is 0 Å². The zero-order valence-corrected chi connectivity index (χ0v) is 18.5. The number of benzene rings is 2. The minimum Gasteiger partial charge on any atom is -0.490 e. The highest BCUT2D eigenvalue weighted by Gasteiger charge is 2.46. The quantitative estimate of drug-likeness (QED) is 0.470. The first kappa shape index (κ1) is 21.9. The number of hydrogen-bond acceptors (Lipinski definition) is 5. The van der Waals surface area contributed by atoms with Gasteiger partial charge in [-0.25, -0.2) is 8.42 Å². The Morgan fingerprint density at radius 2 is 1.71 bits per heavy atom. The predicted octanol–water partition coefficient (Wildman–Crippen LogP) is 5.34. The number of sulfone groups is 1. The van der Waals surface area contributed by atoms with Crippen LogP contribution in [0.1, 0.15) is 12.8 Å². The average molecular weight is 515 g/mol. The molecule has 1 aromatic heterocycles. The van der Waals surface area contributed by atoms with Gasteiger partial charge < -0.3 is 9.64 Å². The molecule has 1 aliphatic heterocycles. The van der Waals surface area contributed by atoms with Crippen molar-refractivity contribution in [2.24, 2.45) is 0 Å². The molecule has 0 atom stereocenters. The van der Waals surface area contributed by atoms with Crippen LogP contribution in [0.2, 0.25) is 0 Å². The molecule has 2 aromatic carbocycles. The standard InChI is InChI=1S/C21H18BrF3N2O3S/c22-14-1-6-19-18(13-14)20(7-10-26-19)27-11-8-16(9-12-27)30-15-2-4-17(5-3-15)31(28,29)21(23,24)25/h1-7,10,13,16H,8-9,11-12H2. The molecule has 1 aliphatic rings. The molecule has 3 aromatic rings. The third kappa shape index (κ3) is 4.50. The molecule has 0 radical (unpaired) electrons. The van der Waals surface area contributed by atoms with E-state index in [1.165, 1.54) is 12.1 Å². The van der Waals surface area contributed by atoms with Gasteiger partial charge in [0.15, 0.2) is 0 Å². The molecule has 0 saturated carbocycles. The highest BCUT2D eigenvalue weighted by atomic mass is 79.9. The van der Waals surface area contributed by atoms with E-state index in [9.17, 15) is 21.6 Å². The maximum absolute atomic E-state index is 12.7. The lowest BCUT2D eigenvalue weighted by Gasteiger charge is -2.34. The Kier molecular flexibility index (Phi) is 5.87. The van der Waals surface area contributed by atoms with Crippen molar-refractivity contribution < 1.29 is 26.3 Å². The molecule has 0 unspecified atom stereocenters. The molecule has 1 fully saturated rings. The van der Waals surface area contributed by atoms with Crippen LogP contribution in [0.5, 0.6) is 5.75 Å². The van der Waals surface area contributed by atoms with Crippen molar-refractivity contribution >= 4 is 42.4 Å². The fourth-order valence-corrected chi connectivity index (χ4v) is 4.74. The van der Waals surface area contributed by atoms with Crippen molar-refractivity contribution in [2.45, 2.75) is 29.3 Å². The SMILES string of the molecule is O=S(=O)(c1ccc(OC2CCN(c3ccnc4ccc(Br)cc34)CC2)cc1)C(F)(F)F. The number of aromatic nitrogens is 1. The number of hydrogen-bond donors (Lipinski definition) is 0. The van der Waals surface area contributed by atoms with Crippen LogP contribution in [0.3, 0.4) is 0 Å². The summed E-state index contributed by atoms with van der Waals surface area (Å²) in [7, 11) is -5.36. The minimum absolute atomic E-state index is 0.110. The van der Waals surface area contributed by atoms with Gasteiger partial charge in [0.25, 0.3) is 9.84 Å². The van der Waals surface area contributed by atoms with Crippen LogP contribution in [0.15, 0.2) is 64.1 Å². The number of alkyl halides is 3. The van der Waals surface area contributed by atoms with Gasteiger partial charge in [0.05, 0.1) is 10.4 Å². The largest absolute Gasteiger partial charge is 0.501 e. The van der Waals surface area contributed by atoms with E-state index >= 15 is 0 Å². The van der Waals surface area contributed by atoms with Gasteiger partial charge >= 0.3 is 5.51 Å². The predicted molar refractivity (Wildman–Crippen MR) is 115 cm³/mol. The normalized spacial score (nSPS) is 15.9. The topological polar surface area (TPSA) is 59.5 Å². The summed E-state index contributed by atoms with van der Waals surface area (Å²) in [4.78, 5) is 5.87. The van der Waals surface area contributed by atoms with Gasteiger partial charge in [-0.2, -0.15) is 13.2 Å². The van der Waals surface area contributed by atoms with Crippen molar-refractivity contribution in [3.05, 3.63) is 59.2 Å². The number of ether oxygens (including phenoxy) is 1. The van der Waals surface area contributed by atoms with E-state index in [0.717, 1.165) is 59.1 Å². The summed E-state index contributed by atoms with van der Waals surface area (Å²) in [5.41, 5.74) is -3.33. The summed E-state index contributed by atoms with van der Waals surface area (Å²) in [5.74, 6) is 0.345. The van der Waals surface area contributed by atoms with Gasteiger partial charge in [0.2, 0.25) is 0 Å². The van der Waals surface area contributed by atoms with Crippen LogP contribution in [0.4, 0.5) is 18.9 Å². The summed E-state index contributed by atoms with van der Waals surface area (Å²) in [6, 6.07) is 12.3. The zero-order chi connectivity index (χ0) is 22.2. The number of halogens is 4. The summed E-state index contributed by atoms with van der Waals surface area (Å²) in [6.07, 6.45) is 3.12. The molecule has 0 N–H and O–H groups in total. The van der Waals surface area contributed by atoms with Gasteiger partial charge in [-0.3, -0.25) is 4.98 Å². The fraction of sp³-hybridized carbons (Fsp3) is 0.286. The molecular formula is C21H18BrF3N2O3S. The zero-order valence-electron chi connectivity index (χ0n) is 16.1. The van der Waals surface area contributed by atoms with Gasteiger partial charge in [-0.1, -0.05) is 15.9 Å². The Morgan fingerprint density at radius 1 is 1.03 bits per heavy atom. The Hall–Kier alpha value is -2.33. The first-order valence-electron chi connectivity index (χ1n) is 9.52. The molecule has 164 valence electrons. The van der Waals surface area contributed by atoms with E-state index in [1.807, 2.05) is 24.3 Å². The Morgan fingerprint density at radius 3 is 2.35 bits per heavy atom. The van der Waals surface area contributed by atoms with E-state index in [2.05, 4.69) is 25.8 Å². The third-order valence-electron chi connectivity index (χ3n) is 5.20. The Labute approximate surface area is 185 Å². The lowest BCUT2D eigenvalue weighted by molar-refractivity contribution is -0.0436. The van der Waals surface area contributed by atoms with Crippen LogP contribution in [-0.4, -0.2) is 38.1 Å². The molecule has 0 spiro atoms. The first-order chi connectivity index (χ1) is 14.6. The third-order valence-corrected chi connectivity index (χ3v) is 7.20. The summed E-state index contributed by atoms with van der Waals surface area (Å²) in [6.45, 7) is 1.49. The molecule has 1 saturated heterocycles. The van der Waals surface area contributed by atoms with E-state index in [1.54, 1.807) is 6.20 Å². The lowest BCUT2D eigenvalue weighted by atomic mass is 10.1. The number of rotatable bonds is 4. The number of fused-ring (bicyclic) bond motifs is 1. The average Bonchev–Trinajstić information content (AvgIpc) is 2.73. The Balaban J connectivity index is 1.42. The van der Waals surface area contributed by atoms with Gasteiger partial charge in [-0.05, 0) is 48.5 Å². The molecule has 0 bridgehead atoms. The number of piperidine rings is 1. The van der Waals surface area contributed by atoms with Crippen LogP contribution in [0.25, 0.3) is 10.9 Å². The molecule has 0 amide bonds. The van der Waals surface area contributed by atoms with E-state index in [-0.39, 0.29) is 6.10 Å². The van der Waals surface area contributed by atoms with Crippen LogP contribution in [-0.2, 0) is 9.84 Å². The van der Waals surface area contributed by atoms with Crippen molar-refractivity contribution in [3.8, 4) is 5.75 Å². The van der Waals surface area contributed by atoms with Crippen molar-refractivity contribution in [1.29, 1.82) is 0 Å². The van der Waals surface area contributed by atoms with Gasteiger partial charge in [-0.15, -0.1) is 0 Å². The fourth-order valence-electron chi connectivity index (χ4n) is 3.62. The van der Waals surface area contributed by atoms with E-state index in [4.69, 9.17) is 4.74 Å². The molecule has 0 aliphatic carbocycles. The van der Waals surface area contributed by atoms with E-state index in [0.29, 0.717) is 5.75 Å². The second-order valence-electron chi connectivity index (χ2n) is 7.22. The lowest BCUT2D eigenvalue weighted by Crippen LogP contribution is -2.38. The van der Waals surface area contributed by atoms with E-state index < -0.39 is 20.2 Å². The monoisotopic (exact) mass is 514 g/mol. The maximum atomic E-state index is 12.7. The highest BCUT2D eigenvalue weighted by Crippen LogP contribution is 2.33. The summed E-state index contributed by atoms with van der Waals surface area (Å²) >= 11 is 3.50. The number of nitrogens with zero attached hydrogens (tertiary/aromatic N) is 2. The number of anilines is 1. The molecular weight excluding hydrogens is 497 g/mol. The molecule has 10 heteroatoms. The van der Waals surface area contributed by atoms with Gasteiger partial charge in [0, 0.05) is 47.7 Å². The Bertz CT molecular complexity index is 1190. The molecule has 5 nitrogen and oxygen atoms in total. The van der Waals surface area contributed by atoms with Crippen LogP contribution < -0.4 is 9.64 Å². The first-order valence-corrected chi connectivity index (χ1v) is 11.8. The van der Waals surface area contributed by atoms with Crippen molar-refractivity contribution in [1.82, 2.24) is 4.98 Å². The second kappa shape index (κ2) is 8.31. The minimum atomic E-state index is -5.36.